The molecule has 5 nitrogen and oxygen atoms in total. The van der Waals surface area contributed by atoms with E-state index < -0.39 is 0 Å². The first-order valence-electron chi connectivity index (χ1n) is 3.51. The van der Waals surface area contributed by atoms with Crippen molar-refractivity contribution >= 4 is 11.6 Å². The van der Waals surface area contributed by atoms with E-state index in [2.05, 4.69) is 17.0 Å². The van der Waals surface area contributed by atoms with E-state index in [0.717, 1.165) is 0 Å². The number of aryl methyl sites for hydroxylation is 1. The summed E-state index contributed by atoms with van der Waals surface area (Å²) in [5, 5.41) is 15.9. The fourth-order valence-corrected chi connectivity index (χ4v) is 0.955. The second kappa shape index (κ2) is 3.27. The fourth-order valence-electron chi connectivity index (χ4n) is 0.955. The van der Waals surface area contributed by atoms with E-state index in [4.69, 9.17) is 10.8 Å². The lowest BCUT2D eigenvalue weighted by molar-refractivity contribution is 0.514. The first kappa shape index (κ1) is 8.61. The Morgan fingerprint density at radius 2 is 2.58 bits per heavy atom. The molecule has 0 amide bonds. The summed E-state index contributed by atoms with van der Waals surface area (Å²) in [5.41, 5.74) is 5.87. The molecule has 0 aliphatic carbocycles. The Kier molecular flexibility index (Phi) is 2.35. The van der Waals surface area contributed by atoms with E-state index in [9.17, 15) is 0 Å². The molecule has 66 valence electrons. The minimum Gasteiger partial charge on any atom is -0.508 e. The van der Waals surface area contributed by atoms with Crippen molar-refractivity contribution in [2.24, 2.45) is 12.8 Å². The maximum atomic E-state index is 9.12. The van der Waals surface area contributed by atoms with Crippen LogP contribution in [0.5, 0.6) is 0 Å². The minimum atomic E-state index is -0.0148. The monoisotopic (exact) mass is 168 g/mol. The average Bonchev–Trinajstić information content (AvgIpc) is 2.34. The Hall–Kier alpha value is -1.49. The highest BCUT2D eigenvalue weighted by Gasteiger charge is 2.08. The third-order valence-electron chi connectivity index (χ3n) is 1.52. The van der Waals surface area contributed by atoms with Gasteiger partial charge in [0.05, 0.1) is 18.4 Å². The number of aromatic nitrogens is 2. The highest BCUT2D eigenvalue weighted by atomic mass is 16.3. The summed E-state index contributed by atoms with van der Waals surface area (Å²) >= 11 is 0. The Labute approximate surface area is 70.5 Å². The predicted octanol–water partition coefficient (Wildman–Crippen LogP) is 0.277. The van der Waals surface area contributed by atoms with E-state index in [1.807, 2.05) is 0 Å². The Morgan fingerprint density at radius 1 is 1.92 bits per heavy atom. The third-order valence-corrected chi connectivity index (χ3v) is 1.52. The molecule has 0 spiro atoms. The Balaban J connectivity index is 3.03. The summed E-state index contributed by atoms with van der Waals surface area (Å²) in [5.74, 6) is 0.657. The van der Waals surface area contributed by atoms with E-state index in [-0.39, 0.29) is 5.76 Å². The summed E-state index contributed by atoms with van der Waals surface area (Å²) in [4.78, 5) is 0. The summed E-state index contributed by atoms with van der Waals surface area (Å²) in [6.07, 6.45) is 1.53. The number of hydrogen-bond acceptors (Lipinski definition) is 4. The number of nitrogens with one attached hydrogen (secondary N) is 1. The molecule has 0 saturated carbocycles. The number of anilines is 1. The van der Waals surface area contributed by atoms with Crippen LogP contribution in [0.25, 0.3) is 5.76 Å². The van der Waals surface area contributed by atoms with Crippen LogP contribution in [0.2, 0.25) is 0 Å². The second-order valence-electron chi connectivity index (χ2n) is 2.36. The van der Waals surface area contributed by atoms with Crippen LogP contribution in [0, 0.1) is 0 Å². The van der Waals surface area contributed by atoms with Crippen LogP contribution in [0.1, 0.15) is 5.56 Å². The fraction of sp³-hybridized carbons (Fsp3) is 0.286. The number of aliphatic hydroxyl groups excluding tert-OH is 1. The topological polar surface area (TPSA) is 76.1 Å². The van der Waals surface area contributed by atoms with Crippen molar-refractivity contribution in [1.29, 1.82) is 0 Å². The number of nitrogens with zero attached hydrogens (tertiary/aromatic N) is 2. The normalized spacial score (nSPS) is 9.83. The van der Waals surface area contributed by atoms with Gasteiger partial charge in [-0.15, -0.1) is 0 Å². The first-order valence-corrected chi connectivity index (χ1v) is 3.51. The maximum absolute atomic E-state index is 9.12. The van der Waals surface area contributed by atoms with Crippen LogP contribution in [0.4, 0.5) is 5.82 Å². The van der Waals surface area contributed by atoms with Crippen LogP contribution in [0.15, 0.2) is 12.8 Å². The van der Waals surface area contributed by atoms with Gasteiger partial charge in [0.2, 0.25) is 0 Å². The number of rotatable bonds is 3. The van der Waals surface area contributed by atoms with Crippen molar-refractivity contribution in [3.8, 4) is 0 Å². The number of aliphatic hydroxyl groups is 1. The molecule has 0 fully saturated rings. The van der Waals surface area contributed by atoms with Crippen LogP contribution in [-0.4, -0.2) is 21.6 Å². The predicted molar refractivity (Wildman–Crippen MR) is 47.5 cm³/mol. The van der Waals surface area contributed by atoms with Gasteiger partial charge in [0.1, 0.15) is 11.6 Å². The molecule has 1 rings (SSSR count). The van der Waals surface area contributed by atoms with Gasteiger partial charge >= 0.3 is 0 Å². The Morgan fingerprint density at radius 3 is 3.08 bits per heavy atom. The molecule has 0 aliphatic heterocycles. The molecule has 1 aromatic rings. The molecule has 0 unspecified atom stereocenters. The van der Waals surface area contributed by atoms with Crippen molar-refractivity contribution in [1.82, 2.24) is 9.78 Å². The lowest BCUT2D eigenvalue weighted by atomic mass is 10.3. The van der Waals surface area contributed by atoms with Crippen LogP contribution in [-0.2, 0) is 7.05 Å². The number of hydrogen-bond donors (Lipinski definition) is 3. The largest absolute Gasteiger partial charge is 0.508 e. The number of nitrogens with two attached hydrogens (primary N) is 1. The maximum Gasteiger partial charge on any atom is 0.135 e. The molecular weight excluding hydrogens is 156 g/mol. The third kappa shape index (κ3) is 1.40. The highest BCUT2D eigenvalue weighted by Crippen LogP contribution is 2.18. The quantitative estimate of drug-likeness (QED) is 0.447. The molecule has 0 atom stereocenters. The van der Waals surface area contributed by atoms with Crippen LogP contribution in [0.3, 0.4) is 0 Å². The summed E-state index contributed by atoms with van der Waals surface area (Å²) in [7, 11) is 1.75. The van der Waals surface area contributed by atoms with Crippen molar-refractivity contribution in [2.45, 2.75) is 0 Å². The summed E-state index contributed by atoms with van der Waals surface area (Å²) in [6.45, 7) is 3.69. The highest BCUT2D eigenvalue weighted by molar-refractivity contribution is 5.67. The van der Waals surface area contributed by atoms with Crippen molar-refractivity contribution in [3.05, 3.63) is 18.3 Å². The van der Waals surface area contributed by atoms with Gasteiger partial charge in [-0.1, -0.05) is 6.58 Å². The SMILES string of the molecule is C=C(O)c1cnn(C)c1NCN. The molecule has 1 aromatic heterocycles. The molecule has 12 heavy (non-hydrogen) atoms. The molecule has 0 saturated heterocycles. The van der Waals surface area contributed by atoms with Gasteiger partial charge < -0.3 is 16.2 Å². The van der Waals surface area contributed by atoms with Crippen LogP contribution < -0.4 is 11.1 Å². The van der Waals surface area contributed by atoms with Gasteiger partial charge in [-0.05, 0) is 0 Å². The van der Waals surface area contributed by atoms with Gasteiger partial charge in [-0.25, -0.2) is 0 Å². The van der Waals surface area contributed by atoms with Gasteiger partial charge in [-0.3, -0.25) is 4.68 Å². The molecule has 0 aliphatic rings. The van der Waals surface area contributed by atoms with Gasteiger partial charge in [0.25, 0.3) is 0 Å². The van der Waals surface area contributed by atoms with E-state index in [0.29, 0.717) is 18.1 Å². The smallest absolute Gasteiger partial charge is 0.135 e. The zero-order chi connectivity index (χ0) is 9.14. The molecule has 0 aromatic carbocycles. The van der Waals surface area contributed by atoms with Crippen molar-refractivity contribution < 1.29 is 5.11 Å². The zero-order valence-corrected chi connectivity index (χ0v) is 6.91. The standard InChI is InChI=1S/C7H12N4O/c1-5(12)6-3-10-11(2)7(6)9-4-8/h3,9,12H,1,4,8H2,2H3. The molecule has 0 radical (unpaired) electrons. The molecule has 4 N–H and O–H groups in total. The molecular formula is C7H12N4O. The van der Waals surface area contributed by atoms with Gasteiger partial charge in [0, 0.05) is 7.05 Å². The zero-order valence-electron chi connectivity index (χ0n) is 6.91. The van der Waals surface area contributed by atoms with E-state index >= 15 is 0 Å². The van der Waals surface area contributed by atoms with Gasteiger partial charge in [-0.2, -0.15) is 5.10 Å². The van der Waals surface area contributed by atoms with Crippen LogP contribution >= 0.6 is 0 Å². The van der Waals surface area contributed by atoms with Crippen molar-refractivity contribution in [3.63, 3.8) is 0 Å². The molecule has 5 heteroatoms. The average molecular weight is 168 g/mol. The van der Waals surface area contributed by atoms with Crippen molar-refractivity contribution in [2.75, 3.05) is 12.0 Å². The van der Waals surface area contributed by atoms with Gasteiger partial charge in [0.15, 0.2) is 0 Å². The van der Waals surface area contributed by atoms with E-state index in [1.54, 1.807) is 11.7 Å². The Bertz CT molecular complexity index is 292. The lowest BCUT2D eigenvalue weighted by Gasteiger charge is -2.05. The van der Waals surface area contributed by atoms with E-state index in [1.165, 1.54) is 6.20 Å². The summed E-state index contributed by atoms with van der Waals surface area (Å²) in [6, 6.07) is 0. The second-order valence-corrected chi connectivity index (χ2v) is 2.36. The minimum absolute atomic E-state index is 0.0148. The first-order chi connectivity index (χ1) is 5.66. The lowest BCUT2D eigenvalue weighted by Crippen LogP contribution is -2.14. The molecule has 0 bridgehead atoms. The molecule has 1 heterocycles. The summed E-state index contributed by atoms with van der Waals surface area (Å²) < 4.78 is 1.59.